The van der Waals surface area contributed by atoms with Crippen LogP contribution in [0.25, 0.3) is 22.2 Å². The second-order valence-electron chi connectivity index (χ2n) is 10.5. The van der Waals surface area contributed by atoms with Gasteiger partial charge in [-0.3, -0.25) is 14.8 Å². The molecule has 0 radical (unpaired) electrons. The molecule has 0 fully saturated rings. The number of imidazole rings is 1. The van der Waals surface area contributed by atoms with Crippen molar-refractivity contribution in [2.24, 2.45) is 11.8 Å². The number of carbonyl (C=O) groups excluding carboxylic acids is 2. The van der Waals surface area contributed by atoms with Gasteiger partial charge in [-0.1, -0.05) is 91.6 Å². The minimum atomic E-state index is -0.612. The van der Waals surface area contributed by atoms with Crippen molar-refractivity contribution in [3.8, 4) is 11.1 Å². The molecule has 1 heterocycles. The van der Waals surface area contributed by atoms with Crippen molar-refractivity contribution in [2.75, 3.05) is 0 Å². The molecule has 2 unspecified atom stereocenters. The lowest BCUT2D eigenvalue weighted by Gasteiger charge is -2.22. The summed E-state index contributed by atoms with van der Waals surface area (Å²) in [5.74, 6) is -0.604. The van der Waals surface area contributed by atoms with Gasteiger partial charge in [0, 0.05) is 12.3 Å². The van der Waals surface area contributed by atoms with Crippen molar-refractivity contribution in [1.82, 2.24) is 20.8 Å². The van der Waals surface area contributed by atoms with Gasteiger partial charge < -0.3 is 10.3 Å². The lowest BCUT2D eigenvalue weighted by atomic mass is 9.94. The Labute approximate surface area is 244 Å². The first-order valence-electron chi connectivity index (χ1n) is 13.5. The Morgan fingerprint density at radius 3 is 2.33 bits per heavy atom. The number of nitrogens with zero attached hydrogens (tertiary/aromatic N) is 1. The van der Waals surface area contributed by atoms with Crippen LogP contribution in [0.4, 0.5) is 0 Å². The predicted octanol–water partition coefficient (Wildman–Crippen LogP) is 7.27. The second kappa shape index (κ2) is 13.8. The molecular weight excluding hydrogens is 547 g/mol. The zero-order chi connectivity index (χ0) is 28.6. The molecule has 210 valence electrons. The highest BCUT2D eigenvalue weighted by Crippen LogP contribution is 2.29. The van der Waals surface area contributed by atoms with Crippen LogP contribution in [0.15, 0.2) is 66.7 Å². The molecule has 0 aliphatic carbocycles. The monoisotopic (exact) mass is 580 g/mol. The van der Waals surface area contributed by atoms with Crippen molar-refractivity contribution in [3.05, 3.63) is 88.2 Å². The first kappa shape index (κ1) is 29.6. The number of nitrogens with one attached hydrogen (secondary N) is 3. The van der Waals surface area contributed by atoms with Crippen LogP contribution >= 0.6 is 23.2 Å². The number of carbonyl (C=O) groups is 2. The number of aromatic nitrogens is 2. The molecule has 3 aromatic carbocycles. The average molecular weight is 582 g/mol. The molecule has 7 nitrogen and oxygen atoms in total. The molecule has 4 N–H and O–H groups in total. The molecule has 0 spiro atoms. The zero-order valence-corrected chi connectivity index (χ0v) is 24.1. The number of aromatic amines is 1. The number of fused-ring (bicyclic) bond motifs is 1. The first-order chi connectivity index (χ1) is 19.2. The summed E-state index contributed by atoms with van der Waals surface area (Å²) in [6, 6.07) is 21.6. The van der Waals surface area contributed by atoms with Crippen LogP contribution in [0.2, 0.25) is 10.0 Å². The van der Waals surface area contributed by atoms with Crippen molar-refractivity contribution in [3.63, 3.8) is 0 Å². The molecule has 0 saturated heterocycles. The van der Waals surface area contributed by atoms with Gasteiger partial charge in [-0.15, -0.1) is 0 Å². The van der Waals surface area contributed by atoms with E-state index in [9.17, 15) is 9.59 Å². The van der Waals surface area contributed by atoms with Crippen LogP contribution in [0, 0.1) is 11.8 Å². The first-order valence-corrected chi connectivity index (χ1v) is 14.2. The Kier molecular flexibility index (Phi) is 10.2. The van der Waals surface area contributed by atoms with Crippen molar-refractivity contribution >= 4 is 46.0 Å². The SMILES string of the molecule is CC(C)CC(NC(=O)C(CCCc1ccc(-c2ccccc2)cc1)CC(=O)NO)c1nc2cc(Cl)c(Cl)cc2[nH]1. The number of benzene rings is 3. The summed E-state index contributed by atoms with van der Waals surface area (Å²) in [4.78, 5) is 33.4. The minimum Gasteiger partial charge on any atom is -0.346 e. The van der Waals surface area contributed by atoms with Crippen molar-refractivity contribution in [1.29, 1.82) is 0 Å². The van der Waals surface area contributed by atoms with Gasteiger partial charge in [-0.05, 0) is 60.4 Å². The quantitative estimate of drug-likeness (QED) is 0.104. The number of hydroxylamine groups is 1. The smallest absolute Gasteiger partial charge is 0.244 e. The fourth-order valence-electron chi connectivity index (χ4n) is 4.83. The molecule has 1 aromatic heterocycles. The molecule has 0 aliphatic rings. The van der Waals surface area contributed by atoms with Crippen LogP contribution in [0.5, 0.6) is 0 Å². The summed E-state index contributed by atoms with van der Waals surface area (Å²) in [5, 5.41) is 13.0. The standard InChI is InChI=1S/C31H34Cl2N4O3/c1-19(2)15-28(30-34-26-17-24(32)25(33)18-27(26)35-30)36-31(39)23(16-29(38)37-40)10-6-7-20-11-13-22(14-12-20)21-8-4-3-5-9-21/h3-5,8-9,11-14,17-19,23,28,40H,6-7,10,15-16H2,1-2H3,(H,34,35)(H,36,39)(H,37,38). The topological polar surface area (TPSA) is 107 Å². The summed E-state index contributed by atoms with van der Waals surface area (Å²) in [7, 11) is 0. The van der Waals surface area contributed by atoms with E-state index in [0.717, 1.165) is 28.6 Å². The van der Waals surface area contributed by atoms with Crippen LogP contribution in [0.3, 0.4) is 0 Å². The summed E-state index contributed by atoms with van der Waals surface area (Å²) >= 11 is 12.3. The molecule has 40 heavy (non-hydrogen) atoms. The minimum absolute atomic E-state index is 0.116. The van der Waals surface area contributed by atoms with E-state index in [-0.39, 0.29) is 18.2 Å². The molecule has 0 saturated carbocycles. The second-order valence-corrected chi connectivity index (χ2v) is 11.3. The zero-order valence-electron chi connectivity index (χ0n) is 22.6. The van der Waals surface area contributed by atoms with Gasteiger partial charge in [0.25, 0.3) is 0 Å². The van der Waals surface area contributed by atoms with Gasteiger partial charge in [-0.25, -0.2) is 10.5 Å². The Morgan fingerprint density at radius 2 is 1.65 bits per heavy atom. The van der Waals surface area contributed by atoms with Crippen LogP contribution < -0.4 is 10.8 Å². The van der Waals surface area contributed by atoms with Gasteiger partial charge in [0.1, 0.15) is 5.82 Å². The molecule has 9 heteroatoms. The lowest BCUT2D eigenvalue weighted by molar-refractivity contribution is -0.135. The van der Waals surface area contributed by atoms with Gasteiger partial charge >= 0.3 is 0 Å². The van der Waals surface area contributed by atoms with Crippen molar-refractivity contribution < 1.29 is 14.8 Å². The predicted molar refractivity (Wildman–Crippen MR) is 159 cm³/mol. The van der Waals surface area contributed by atoms with E-state index in [1.165, 1.54) is 0 Å². The highest BCUT2D eigenvalue weighted by atomic mass is 35.5. The van der Waals surface area contributed by atoms with E-state index in [2.05, 4.69) is 65.5 Å². The Bertz CT molecular complexity index is 1400. The van der Waals surface area contributed by atoms with Gasteiger partial charge in [-0.2, -0.15) is 0 Å². The lowest BCUT2D eigenvalue weighted by Crippen LogP contribution is -2.37. The van der Waals surface area contributed by atoms with Gasteiger partial charge in [0.15, 0.2) is 0 Å². The number of hydrogen-bond donors (Lipinski definition) is 4. The number of H-pyrrole nitrogens is 1. The third-order valence-electron chi connectivity index (χ3n) is 6.90. The third kappa shape index (κ3) is 7.84. The van der Waals surface area contributed by atoms with Crippen LogP contribution in [-0.2, 0) is 16.0 Å². The van der Waals surface area contributed by atoms with Gasteiger partial charge in [0.05, 0.1) is 27.1 Å². The molecule has 2 atom stereocenters. The Hall–Kier alpha value is -3.39. The van der Waals surface area contributed by atoms with E-state index < -0.39 is 17.9 Å². The van der Waals surface area contributed by atoms with E-state index in [1.54, 1.807) is 17.6 Å². The largest absolute Gasteiger partial charge is 0.346 e. The maximum Gasteiger partial charge on any atom is 0.244 e. The normalized spacial score (nSPS) is 12.8. The van der Waals surface area contributed by atoms with E-state index in [4.69, 9.17) is 28.4 Å². The summed E-state index contributed by atoms with van der Waals surface area (Å²) in [5.41, 5.74) is 6.50. The molecular formula is C31H34Cl2N4O3. The molecule has 0 aliphatic heterocycles. The summed E-state index contributed by atoms with van der Waals surface area (Å²) in [6.45, 7) is 4.13. The van der Waals surface area contributed by atoms with E-state index >= 15 is 0 Å². The summed E-state index contributed by atoms with van der Waals surface area (Å²) < 4.78 is 0. The third-order valence-corrected chi connectivity index (χ3v) is 7.62. The van der Waals surface area contributed by atoms with Crippen molar-refractivity contribution in [2.45, 2.75) is 52.0 Å². The Balaban J connectivity index is 1.44. The number of rotatable bonds is 12. The van der Waals surface area contributed by atoms with E-state index in [0.29, 0.717) is 40.6 Å². The van der Waals surface area contributed by atoms with Crippen LogP contribution in [-0.4, -0.2) is 27.0 Å². The fourth-order valence-corrected chi connectivity index (χ4v) is 5.15. The molecule has 4 aromatic rings. The molecule has 0 bridgehead atoms. The Morgan fingerprint density at radius 1 is 0.975 bits per heavy atom. The average Bonchev–Trinajstić information content (AvgIpc) is 3.35. The maximum atomic E-state index is 13.5. The number of hydrogen-bond acceptors (Lipinski definition) is 4. The van der Waals surface area contributed by atoms with E-state index in [1.807, 2.05) is 18.2 Å². The molecule has 2 amide bonds. The highest BCUT2D eigenvalue weighted by Gasteiger charge is 2.26. The highest BCUT2D eigenvalue weighted by molar-refractivity contribution is 6.42. The van der Waals surface area contributed by atoms with Gasteiger partial charge in [0.2, 0.25) is 11.8 Å². The summed E-state index contributed by atoms with van der Waals surface area (Å²) in [6.07, 6.45) is 2.48. The number of halogens is 2. The van der Waals surface area contributed by atoms with Crippen LogP contribution in [0.1, 0.15) is 57.0 Å². The number of amides is 2. The maximum absolute atomic E-state index is 13.5. The number of aryl methyl sites for hydroxylation is 1. The fraction of sp³-hybridized carbons (Fsp3) is 0.323. The molecule has 4 rings (SSSR count).